The highest BCUT2D eigenvalue weighted by Crippen LogP contribution is 2.32. The van der Waals surface area contributed by atoms with Crippen molar-refractivity contribution in [3.63, 3.8) is 0 Å². The Labute approximate surface area is 180 Å². The van der Waals surface area contributed by atoms with Crippen LogP contribution < -0.4 is 5.32 Å². The van der Waals surface area contributed by atoms with Crippen LogP contribution in [0.25, 0.3) is 10.2 Å². The van der Waals surface area contributed by atoms with Gasteiger partial charge in [-0.15, -0.1) is 11.3 Å². The van der Waals surface area contributed by atoms with Gasteiger partial charge in [-0.1, -0.05) is 6.42 Å². The van der Waals surface area contributed by atoms with Crippen LogP contribution >= 0.6 is 11.3 Å². The molecule has 0 unspecified atom stereocenters. The fraction of sp³-hybridized carbons (Fsp3) is 0.381. The van der Waals surface area contributed by atoms with Gasteiger partial charge in [0.25, 0.3) is 5.91 Å². The topological polar surface area (TPSA) is 92.3 Å². The Kier molecular flexibility index (Phi) is 5.61. The number of thiophene rings is 1. The van der Waals surface area contributed by atoms with Gasteiger partial charge in [-0.25, -0.2) is 18.4 Å². The van der Waals surface area contributed by atoms with Crippen molar-refractivity contribution in [1.29, 1.82) is 0 Å². The maximum absolute atomic E-state index is 12.9. The number of aromatic nitrogens is 2. The van der Waals surface area contributed by atoms with Crippen LogP contribution in [0.5, 0.6) is 0 Å². The van der Waals surface area contributed by atoms with Crippen molar-refractivity contribution in [2.75, 3.05) is 18.4 Å². The molecule has 7 nitrogen and oxygen atoms in total. The highest BCUT2D eigenvalue weighted by Gasteiger charge is 2.26. The molecule has 1 aliphatic rings. The fourth-order valence-corrected chi connectivity index (χ4v) is 6.53. The minimum absolute atomic E-state index is 0.237. The van der Waals surface area contributed by atoms with Crippen LogP contribution in [0.15, 0.2) is 29.2 Å². The fourth-order valence-electron chi connectivity index (χ4n) is 3.84. The number of nitrogens with one attached hydrogen (secondary N) is 1. The Morgan fingerprint density at radius 3 is 2.37 bits per heavy atom. The molecule has 0 atom stereocenters. The molecule has 0 radical (unpaired) electrons. The van der Waals surface area contributed by atoms with Gasteiger partial charge in [0.05, 0.1) is 9.77 Å². The second kappa shape index (κ2) is 8.05. The van der Waals surface area contributed by atoms with Crippen LogP contribution in [-0.2, 0) is 10.0 Å². The molecule has 1 saturated heterocycles. The van der Waals surface area contributed by atoms with E-state index < -0.39 is 10.0 Å². The van der Waals surface area contributed by atoms with E-state index in [1.807, 2.05) is 20.8 Å². The molecule has 1 N–H and O–H groups in total. The Hall–Kier alpha value is -2.36. The summed E-state index contributed by atoms with van der Waals surface area (Å²) >= 11 is 1.34. The average molecular weight is 445 g/mol. The first kappa shape index (κ1) is 20.9. The molecule has 3 heterocycles. The minimum atomic E-state index is -3.48. The van der Waals surface area contributed by atoms with E-state index in [1.54, 1.807) is 24.3 Å². The number of amides is 1. The zero-order valence-electron chi connectivity index (χ0n) is 17.2. The number of fused-ring (bicyclic) bond motifs is 1. The maximum Gasteiger partial charge on any atom is 0.266 e. The van der Waals surface area contributed by atoms with Crippen molar-refractivity contribution in [1.82, 2.24) is 14.3 Å². The van der Waals surface area contributed by atoms with E-state index in [-0.39, 0.29) is 10.8 Å². The molecule has 1 aromatic carbocycles. The average Bonchev–Trinajstić information content (AvgIpc) is 3.05. The van der Waals surface area contributed by atoms with Crippen molar-refractivity contribution >= 4 is 43.2 Å². The summed E-state index contributed by atoms with van der Waals surface area (Å²) in [6.07, 6.45) is 2.86. The van der Waals surface area contributed by atoms with Gasteiger partial charge >= 0.3 is 0 Å². The van der Waals surface area contributed by atoms with Crippen LogP contribution in [0.1, 0.15) is 46.0 Å². The van der Waals surface area contributed by atoms with Crippen LogP contribution in [0, 0.1) is 20.8 Å². The van der Waals surface area contributed by atoms with Gasteiger partial charge in [0.2, 0.25) is 10.0 Å². The van der Waals surface area contributed by atoms with Crippen molar-refractivity contribution in [2.24, 2.45) is 0 Å². The highest BCUT2D eigenvalue weighted by atomic mass is 32.2. The van der Waals surface area contributed by atoms with Gasteiger partial charge in [-0.3, -0.25) is 4.79 Å². The summed E-state index contributed by atoms with van der Waals surface area (Å²) < 4.78 is 27.1. The van der Waals surface area contributed by atoms with Crippen LogP contribution in [0.2, 0.25) is 0 Å². The van der Waals surface area contributed by atoms with Gasteiger partial charge in [-0.05, 0) is 63.4 Å². The molecule has 0 bridgehead atoms. The van der Waals surface area contributed by atoms with E-state index in [2.05, 4.69) is 15.3 Å². The second-order valence-electron chi connectivity index (χ2n) is 7.54. The van der Waals surface area contributed by atoms with Crippen molar-refractivity contribution < 1.29 is 13.2 Å². The number of anilines is 1. The molecule has 0 saturated carbocycles. The zero-order chi connectivity index (χ0) is 21.5. The highest BCUT2D eigenvalue weighted by molar-refractivity contribution is 7.89. The summed E-state index contributed by atoms with van der Waals surface area (Å²) in [5.41, 5.74) is 2.26. The molecular weight excluding hydrogens is 420 g/mol. The van der Waals surface area contributed by atoms with Crippen LogP contribution in [-0.4, -0.2) is 41.7 Å². The molecule has 0 spiro atoms. The number of piperidine rings is 1. The summed E-state index contributed by atoms with van der Waals surface area (Å²) in [4.78, 5) is 23.3. The molecule has 3 aromatic rings. The van der Waals surface area contributed by atoms with E-state index in [0.717, 1.165) is 40.7 Å². The Morgan fingerprint density at radius 1 is 1.03 bits per heavy atom. The number of carbonyl (C=O) groups excluding carboxylic acids is 1. The number of nitrogens with zero attached hydrogens (tertiary/aromatic N) is 3. The number of benzene rings is 1. The molecule has 158 valence electrons. The molecule has 1 amide bonds. The van der Waals surface area contributed by atoms with Crippen LogP contribution in [0.3, 0.4) is 0 Å². The monoisotopic (exact) mass is 444 g/mol. The lowest BCUT2D eigenvalue weighted by Gasteiger charge is -2.25. The Bertz CT molecular complexity index is 1210. The normalized spacial score (nSPS) is 15.4. The SMILES string of the molecule is Cc1nc(C)c2c(C)c(C(=O)Nc3ccc(S(=O)(=O)N4CCCCC4)cc3)sc2n1. The lowest BCUT2D eigenvalue weighted by atomic mass is 10.1. The molecule has 2 aromatic heterocycles. The summed E-state index contributed by atoms with van der Waals surface area (Å²) in [7, 11) is -3.48. The summed E-state index contributed by atoms with van der Waals surface area (Å²) in [5, 5.41) is 3.78. The number of hydrogen-bond donors (Lipinski definition) is 1. The number of aryl methyl sites for hydroxylation is 3. The van der Waals surface area contributed by atoms with E-state index in [0.29, 0.717) is 29.5 Å². The molecule has 9 heteroatoms. The number of hydrogen-bond acceptors (Lipinski definition) is 6. The third-order valence-corrected chi connectivity index (χ3v) is 8.45. The van der Waals surface area contributed by atoms with Crippen molar-refractivity contribution in [2.45, 2.75) is 44.9 Å². The van der Waals surface area contributed by atoms with Crippen molar-refractivity contribution in [3.05, 3.63) is 46.2 Å². The lowest BCUT2D eigenvalue weighted by Crippen LogP contribution is -2.35. The van der Waals surface area contributed by atoms with Gasteiger partial charge in [0.15, 0.2) is 0 Å². The molecule has 4 rings (SSSR count). The number of rotatable bonds is 4. The summed E-state index contributed by atoms with van der Waals surface area (Å²) in [5.74, 6) is 0.443. The van der Waals surface area contributed by atoms with E-state index in [1.165, 1.54) is 15.6 Å². The van der Waals surface area contributed by atoms with E-state index >= 15 is 0 Å². The van der Waals surface area contributed by atoms with E-state index in [4.69, 9.17) is 0 Å². The first-order valence-corrected chi connectivity index (χ1v) is 12.2. The standard InChI is InChI=1S/C21H24N4O3S2/c1-13-18-14(2)22-15(3)23-21(18)29-19(13)20(26)24-16-7-9-17(10-8-16)30(27,28)25-11-5-4-6-12-25/h7-10H,4-6,11-12H2,1-3H3,(H,24,26). The van der Waals surface area contributed by atoms with Gasteiger partial charge in [0, 0.05) is 29.9 Å². The summed E-state index contributed by atoms with van der Waals surface area (Å²) in [6.45, 7) is 6.77. The van der Waals surface area contributed by atoms with E-state index in [9.17, 15) is 13.2 Å². The van der Waals surface area contributed by atoms with Gasteiger partial charge < -0.3 is 5.32 Å². The van der Waals surface area contributed by atoms with Gasteiger partial charge in [-0.2, -0.15) is 4.31 Å². The predicted octanol–water partition coefficient (Wildman–Crippen LogP) is 4.04. The zero-order valence-corrected chi connectivity index (χ0v) is 18.9. The first-order chi connectivity index (χ1) is 14.3. The Morgan fingerprint density at radius 2 is 1.70 bits per heavy atom. The quantitative estimate of drug-likeness (QED) is 0.656. The molecule has 30 heavy (non-hydrogen) atoms. The molecular formula is C21H24N4O3S2. The molecule has 1 aliphatic heterocycles. The smallest absolute Gasteiger partial charge is 0.266 e. The number of sulfonamides is 1. The number of carbonyl (C=O) groups is 1. The third kappa shape index (κ3) is 3.84. The maximum atomic E-state index is 12.9. The minimum Gasteiger partial charge on any atom is -0.321 e. The molecule has 0 aliphatic carbocycles. The van der Waals surface area contributed by atoms with Crippen molar-refractivity contribution in [3.8, 4) is 0 Å². The lowest BCUT2D eigenvalue weighted by molar-refractivity contribution is 0.103. The van der Waals surface area contributed by atoms with Gasteiger partial charge in [0.1, 0.15) is 10.7 Å². The summed E-state index contributed by atoms with van der Waals surface area (Å²) in [6, 6.07) is 6.37. The first-order valence-electron chi connectivity index (χ1n) is 9.93. The predicted molar refractivity (Wildman–Crippen MR) is 119 cm³/mol. The largest absolute Gasteiger partial charge is 0.321 e. The Balaban J connectivity index is 1.55. The second-order valence-corrected chi connectivity index (χ2v) is 10.5. The third-order valence-electron chi connectivity index (χ3n) is 5.35. The van der Waals surface area contributed by atoms with Crippen LogP contribution in [0.4, 0.5) is 5.69 Å². The molecule has 1 fully saturated rings.